The van der Waals surface area contributed by atoms with Gasteiger partial charge in [0.2, 0.25) is 23.2 Å². The van der Waals surface area contributed by atoms with E-state index in [4.69, 9.17) is 32.8 Å². The van der Waals surface area contributed by atoms with Crippen LogP contribution in [0.25, 0.3) is 22.3 Å². The lowest BCUT2D eigenvalue weighted by Gasteiger charge is -2.42. The van der Waals surface area contributed by atoms with E-state index in [2.05, 4.69) is 0 Å². The highest BCUT2D eigenvalue weighted by Crippen LogP contribution is 2.44. The van der Waals surface area contributed by atoms with Crippen LogP contribution in [0.3, 0.4) is 0 Å². The number of phenols is 2. The van der Waals surface area contributed by atoms with E-state index in [0.29, 0.717) is 0 Å². The highest BCUT2D eigenvalue weighted by atomic mass is 16.7. The van der Waals surface area contributed by atoms with E-state index in [0.717, 1.165) is 0 Å². The molecule has 0 spiro atoms. The van der Waals surface area contributed by atoms with Crippen molar-refractivity contribution in [2.75, 3.05) is 20.8 Å². The number of fused-ring (bicyclic) bond motifs is 1. The second kappa shape index (κ2) is 13.0. The van der Waals surface area contributed by atoms with Gasteiger partial charge in [0, 0.05) is 11.6 Å². The molecule has 0 bridgehead atoms. The number of rotatable bonds is 8. The van der Waals surface area contributed by atoms with Crippen LogP contribution in [0, 0.1) is 0 Å². The number of aliphatic hydroxyl groups excluding tert-OH is 6. The summed E-state index contributed by atoms with van der Waals surface area (Å²) in [7, 11) is 2.56. The maximum atomic E-state index is 13.9. The van der Waals surface area contributed by atoms with Crippen molar-refractivity contribution < 1.29 is 73.7 Å². The van der Waals surface area contributed by atoms with E-state index in [1.165, 1.54) is 51.5 Å². The highest BCUT2D eigenvalue weighted by molar-refractivity contribution is 5.91. The van der Waals surface area contributed by atoms with E-state index < -0.39 is 84.9 Å². The van der Waals surface area contributed by atoms with Crippen LogP contribution < -0.4 is 19.6 Å². The van der Waals surface area contributed by atoms with Gasteiger partial charge in [-0.1, -0.05) is 0 Å². The summed E-state index contributed by atoms with van der Waals surface area (Å²) in [5.41, 5.74) is -0.854. The molecule has 10 unspecified atom stereocenters. The molecular formula is C29H34O16. The van der Waals surface area contributed by atoms with Gasteiger partial charge >= 0.3 is 0 Å². The third-order valence-electron chi connectivity index (χ3n) is 7.72. The van der Waals surface area contributed by atoms with Crippen LogP contribution in [0.5, 0.6) is 28.7 Å². The first-order valence-corrected chi connectivity index (χ1v) is 13.8. The van der Waals surface area contributed by atoms with Crippen molar-refractivity contribution in [3.05, 3.63) is 40.6 Å². The number of methoxy groups -OCH3 is 2. The largest absolute Gasteiger partial charge is 0.508 e. The van der Waals surface area contributed by atoms with Crippen LogP contribution in [0.2, 0.25) is 0 Å². The van der Waals surface area contributed by atoms with Gasteiger partial charge in [-0.15, -0.1) is 0 Å². The molecule has 3 heterocycles. The Labute approximate surface area is 254 Å². The second-order valence-corrected chi connectivity index (χ2v) is 10.6. The molecule has 0 amide bonds. The molecule has 5 rings (SSSR count). The Hall–Kier alpha value is -3.71. The standard InChI is InChI=1S/C29H34O16/c1-10-17(31)21(35)23(37)28(42-10)41-9-15-18(32)22(36)24(38)29(44-15)45-27-20(34)16-13(8-14(39-2)26(40-3)19(16)33)43-25(27)11-4-6-12(30)7-5-11/h4-8,10,15,17-18,21-24,28-33,35-38H,9H2,1-3H3. The van der Waals surface area contributed by atoms with Crippen molar-refractivity contribution in [3.63, 3.8) is 0 Å². The van der Waals surface area contributed by atoms with Gasteiger partial charge < -0.3 is 73.7 Å². The lowest BCUT2D eigenvalue weighted by atomic mass is 9.98. The summed E-state index contributed by atoms with van der Waals surface area (Å²) in [6.45, 7) is 0.868. The average molecular weight is 639 g/mol. The summed E-state index contributed by atoms with van der Waals surface area (Å²) in [5, 5.41) is 82.6. The maximum Gasteiger partial charge on any atom is 0.239 e. The first kappa shape index (κ1) is 32.7. The number of aliphatic hydroxyl groups is 6. The van der Waals surface area contributed by atoms with Gasteiger partial charge in [0.15, 0.2) is 23.5 Å². The quantitative estimate of drug-likeness (QED) is 0.146. The number of ether oxygens (including phenoxy) is 6. The summed E-state index contributed by atoms with van der Waals surface area (Å²) in [6.07, 6.45) is -15.9. The summed E-state index contributed by atoms with van der Waals surface area (Å²) in [5.74, 6) is -1.66. The number of hydrogen-bond acceptors (Lipinski definition) is 16. The van der Waals surface area contributed by atoms with Gasteiger partial charge in [-0.2, -0.15) is 0 Å². The second-order valence-electron chi connectivity index (χ2n) is 10.6. The monoisotopic (exact) mass is 638 g/mol. The smallest absolute Gasteiger partial charge is 0.239 e. The van der Waals surface area contributed by atoms with E-state index in [1.54, 1.807) is 0 Å². The number of aromatic hydroxyl groups is 2. The maximum absolute atomic E-state index is 13.9. The Kier molecular flexibility index (Phi) is 9.41. The van der Waals surface area contributed by atoms with Crippen molar-refractivity contribution in [2.24, 2.45) is 0 Å². The molecular weight excluding hydrogens is 604 g/mol. The average Bonchev–Trinajstić information content (AvgIpc) is 3.02. The van der Waals surface area contributed by atoms with Gasteiger partial charge in [-0.25, -0.2) is 0 Å². The summed E-state index contributed by atoms with van der Waals surface area (Å²) >= 11 is 0. The Bertz CT molecular complexity index is 1560. The van der Waals surface area contributed by atoms with Crippen LogP contribution in [0.4, 0.5) is 0 Å². The van der Waals surface area contributed by atoms with Crippen molar-refractivity contribution >= 4 is 11.0 Å². The fourth-order valence-corrected chi connectivity index (χ4v) is 5.14. The normalized spacial score (nSPS) is 31.9. The molecule has 3 aromatic rings. The molecule has 2 aliphatic rings. The minimum atomic E-state index is -1.92. The summed E-state index contributed by atoms with van der Waals surface area (Å²) in [6, 6.07) is 6.74. The predicted octanol–water partition coefficient (Wildman–Crippen LogP) is -1.08. The first-order chi connectivity index (χ1) is 21.4. The molecule has 246 valence electrons. The summed E-state index contributed by atoms with van der Waals surface area (Å²) in [4.78, 5) is 13.9. The third kappa shape index (κ3) is 5.99. The van der Waals surface area contributed by atoms with Crippen LogP contribution in [-0.2, 0) is 14.2 Å². The molecule has 2 fully saturated rings. The molecule has 0 aliphatic carbocycles. The zero-order valence-corrected chi connectivity index (χ0v) is 24.2. The molecule has 0 radical (unpaired) electrons. The van der Waals surface area contributed by atoms with Crippen LogP contribution in [0.15, 0.2) is 39.5 Å². The van der Waals surface area contributed by atoms with Gasteiger partial charge in [0.05, 0.1) is 26.9 Å². The Balaban J connectivity index is 1.51. The number of hydrogen-bond donors (Lipinski definition) is 8. The first-order valence-electron chi connectivity index (χ1n) is 13.8. The molecule has 1 aromatic heterocycles. The number of phenolic OH excluding ortho intramolecular Hbond substituents is 2. The van der Waals surface area contributed by atoms with Gasteiger partial charge in [0.25, 0.3) is 0 Å². The fraction of sp³-hybridized carbons (Fsp3) is 0.483. The van der Waals surface area contributed by atoms with Gasteiger partial charge in [-0.3, -0.25) is 4.79 Å². The molecule has 10 atom stereocenters. The molecule has 2 aliphatic heterocycles. The zero-order valence-electron chi connectivity index (χ0n) is 24.2. The molecule has 16 nitrogen and oxygen atoms in total. The highest BCUT2D eigenvalue weighted by Gasteiger charge is 2.48. The topological polar surface area (TPSA) is 247 Å². The SMILES string of the molecule is COc1cc2oc(-c3ccc(O)cc3)c(OC3OC(COC4OC(C)C(O)C(O)C4O)C(O)C(O)C3O)c(=O)c2c(O)c1OC. The molecule has 2 saturated heterocycles. The predicted molar refractivity (Wildman–Crippen MR) is 150 cm³/mol. The van der Waals surface area contributed by atoms with Crippen molar-refractivity contribution in [1.82, 2.24) is 0 Å². The molecule has 2 aromatic carbocycles. The Morgan fingerprint density at radius 2 is 1.42 bits per heavy atom. The third-order valence-corrected chi connectivity index (χ3v) is 7.72. The Morgan fingerprint density at radius 3 is 2.07 bits per heavy atom. The summed E-state index contributed by atoms with van der Waals surface area (Å²) < 4.78 is 38.8. The molecule has 0 saturated carbocycles. The van der Waals surface area contributed by atoms with Gasteiger partial charge in [-0.05, 0) is 31.2 Å². The lowest BCUT2D eigenvalue weighted by molar-refractivity contribution is -0.318. The zero-order chi connectivity index (χ0) is 32.7. The fourth-order valence-electron chi connectivity index (χ4n) is 5.14. The van der Waals surface area contributed by atoms with Crippen LogP contribution >= 0.6 is 0 Å². The van der Waals surface area contributed by atoms with Crippen molar-refractivity contribution in [3.8, 4) is 40.1 Å². The minimum Gasteiger partial charge on any atom is -0.508 e. The minimum absolute atomic E-state index is 0.0467. The van der Waals surface area contributed by atoms with Crippen LogP contribution in [0.1, 0.15) is 6.92 Å². The molecule has 45 heavy (non-hydrogen) atoms. The van der Waals surface area contributed by atoms with Crippen LogP contribution in [-0.4, -0.2) is 123 Å². The number of benzene rings is 2. The molecule has 16 heteroatoms. The Morgan fingerprint density at radius 1 is 0.778 bits per heavy atom. The van der Waals surface area contributed by atoms with Gasteiger partial charge in [0.1, 0.15) is 59.4 Å². The van der Waals surface area contributed by atoms with E-state index in [9.17, 15) is 45.6 Å². The van der Waals surface area contributed by atoms with E-state index in [-0.39, 0.29) is 39.5 Å². The lowest BCUT2D eigenvalue weighted by Crippen LogP contribution is -2.61. The van der Waals surface area contributed by atoms with E-state index in [1.807, 2.05) is 0 Å². The van der Waals surface area contributed by atoms with Crippen molar-refractivity contribution in [2.45, 2.75) is 68.3 Å². The van der Waals surface area contributed by atoms with Crippen molar-refractivity contribution in [1.29, 1.82) is 0 Å². The molecule has 8 N–H and O–H groups in total. The van der Waals surface area contributed by atoms with E-state index >= 15 is 0 Å².